The normalized spacial score (nSPS) is 33.0. The molecule has 1 fully saturated rings. The molecule has 0 amide bonds. The predicted octanol–water partition coefficient (Wildman–Crippen LogP) is 2.92. The minimum absolute atomic E-state index is 0.232. The summed E-state index contributed by atoms with van der Waals surface area (Å²) in [4.78, 5) is 12.2. The maximum Gasteiger partial charge on any atom is 0.343 e. The molecule has 1 saturated carbocycles. The van der Waals surface area contributed by atoms with Crippen LogP contribution in [0.2, 0.25) is 0 Å². The molecular formula is C17H14O3. The molecule has 0 saturated heterocycles. The van der Waals surface area contributed by atoms with Crippen LogP contribution in [0.4, 0.5) is 0 Å². The molecule has 100 valence electrons. The molecule has 0 unspecified atom stereocenters. The highest BCUT2D eigenvalue weighted by Gasteiger charge is 2.49. The van der Waals surface area contributed by atoms with E-state index in [9.17, 15) is 4.79 Å². The van der Waals surface area contributed by atoms with Crippen molar-refractivity contribution >= 4 is 11.0 Å². The van der Waals surface area contributed by atoms with Crippen LogP contribution in [0.15, 0.2) is 45.6 Å². The minimum atomic E-state index is -0.232. The number of ether oxygens (including phenoxy) is 1. The van der Waals surface area contributed by atoms with Gasteiger partial charge in [0.25, 0.3) is 0 Å². The minimum Gasteiger partial charge on any atom is -0.488 e. The van der Waals surface area contributed by atoms with Crippen molar-refractivity contribution < 1.29 is 9.15 Å². The Morgan fingerprint density at radius 1 is 1.10 bits per heavy atom. The van der Waals surface area contributed by atoms with Crippen LogP contribution >= 0.6 is 0 Å². The third kappa shape index (κ3) is 1.23. The van der Waals surface area contributed by atoms with E-state index in [0.29, 0.717) is 23.3 Å². The zero-order valence-electron chi connectivity index (χ0n) is 10.9. The smallest absolute Gasteiger partial charge is 0.343 e. The summed E-state index contributed by atoms with van der Waals surface area (Å²) < 4.78 is 11.7. The van der Waals surface area contributed by atoms with E-state index in [-0.39, 0.29) is 11.7 Å². The SMILES string of the molecule is O=c1oc2ccccc2c2c1C[C@H]1[C@@H](O2)[C@@H]2C=C[C@H]1C2. The lowest BCUT2D eigenvalue weighted by Crippen LogP contribution is -2.38. The average Bonchev–Trinajstić information content (AvgIpc) is 3.08. The Morgan fingerprint density at radius 2 is 1.95 bits per heavy atom. The van der Waals surface area contributed by atoms with Crippen LogP contribution in [0.25, 0.3) is 11.0 Å². The molecule has 20 heavy (non-hydrogen) atoms. The number of hydrogen-bond acceptors (Lipinski definition) is 3. The Hall–Kier alpha value is -2.03. The van der Waals surface area contributed by atoms with E-state index in [1.54, 1.807) is 0 Å². The molecule has 3 aliphatic rings. The van der Waals surface area contributed by atoms with Crippen molar-refractivity contribution in [3.8, 4) is 5.75 Å². The second-order valence-electron chi connectivity index (χ2n) is 6.09. The van der Waals surface area contributed by atoms with Gasteiger partial charge in [-0.3, -0.25) is 0 Å². The largest absolute Gasteiger partial charge is 0.488 e. The quantitative estimate of drug-likeness (QED) is 0.543. The number of hydrogen-bond donors (Lipinski definition) is 0. The van der Waals surface area contributed by atoms with E-state index in [0.717, 1.165) is 23.1 Å². The van der Waals surface area contributed by atoms with Crippen molar-refractivity contribution in [3.63, 3.8) is 0 Å². The number of benzene rings is 1. The third-order valence-corrected chi connectivity index (χ3v) is 5.09. The van der Waals surface area contributed by atoms with Gasteiger partial charge < -0.3 is 9.15 Å². The lowest BCUT2D eigenvalue weighted by molar-refractivity contribution is 0.102. The van der Waals surface area contributed by atoms with Gasteiger partial charge in [0.05, 0.1) is 10.9 Å². The fourth-order valence-corrected chi connectivity index (χ4v) is 4.16. The highest BCUT2D eigenvalue weighted by molar-refractivity contribution is 5.84. The maximum absolute atomic E-state index is 12.2. The third-order valence-electron chi connectivity index (χ3n) is 5.09. The summed E-state index contributed by atoms with van der Waals surface area (Å²) >= 11 is 0. The van der Waals surface area contributed by atoms with Gasteiger partial charge in [0, 0.05) is 11.8 Å². The molecular weight excluding hydrogens is 252 g/mol. The molecule has 0 radical (unpaired) electrons. The van der Waals surface area contributed by atoms with E-state index in [4.69, 9.17) is 9.15 Å². The molecule has 4 atom stereocenters. The molecule has 2 aromatic rings. The predicted molar refractivity (Wildman–Crippen MR) is 74.8 cm³/mol. The van der Waals surface area contributed by atoms with Crippen LogP contribution in [0, 0.1) is 17.8 Å². The summed E-state index contributed by atoms with van der Waals surface area (Å²) in [5, 5.41) is 0.923. The van der Waals surface area contributed by atoms with Crippen LogP contribution in [0.5, 0.6) is 5.75 Å². The van der Waals surface area contributed by atoms with E-state index < -0.39 is 0 Å². The topological polar surface area (TPSA) is 39.4 Å². The standard InChI is InChI=1S/C17H14O3/c18-17-13-8-12-9-5-6-10(7-9)15(12)20-16(13)11-3-1-2-4-14(11)19-17/h1-6,9-10,12,15H,7-8H2/t9-,10+,12+,15-/m0/s1. The highest BCUT2D eigenvalue weighted by Crippen LogP contribution is 2.50. The Kier molecular flexibility index (Phi) is 1.90. The van der Waals surface area contributed by atoms with Crippen LogP contribution in [-0.2, 0) is 6.42 Å². The van der Waals surface area contributed by atoms with Crippen molar-refractivity contribution in [2.24, 2.45) is 17.8 Å². The van der Waals surface area contributed by atoms with Gasteiger partial charge in [-0.25, -0.2) is 4.79 Å². The highest BCUT2D eigenvalue weighted by atomic mass is 16.5. The van der Waals surface area contributed by atoms with Gasteiger partial charge in [0.2, 0.25) is 0 Å². The van der Waals surface area contributed by atoms with Gasteiger partial charge in [-0.2, -0.15) is 0 Å². The Morgan fingerprint density at radius 3 is 2.90 bits per heavy atom. The van der Waals surface area contributed by atoms with Crippen molar-refractivity contribution in [3.05, 3.63) is 52.4 Å². The number of rotatable bonds is 0. The molecule has 0 spiro atoms. The van der Waals surface area contributed by atoms with E-state index >= 15 is 0 Å². The Labute approximate surface area is 115 Å². The first-order valence-corrected chi connectivity index (χ1v) is 7.21. The van der Waals surface area contributed by atoms with Gasteiger partial charge in [0.15, 0.2) is 0 Å². The van der Waals surface area contributed by atoms with Crippen LogP contribution in [0.3, 0.4) is 0 Å². The monoisotopic (exact) mass is 266 g/mol. The lowest BCUT2D eigenvalue weighted by atomic mass is 9.83. The van der Waals surface area contributed by atoms with E-state index in [1.165, 1.54) is 6.42 Å². The van der Waals surface area contributed by atoms with Gasteiger partial charge in [0.1, 0.15) is 17.4 Å². The van der Waals surface area contributed by atoms with Gasteiger partial charge in [-0.05, 0) is 30.9 Å². The molecule has 1 aromatic heterocycles. The van der Waals surface area contributed by atoms with Crippen molar-refractivity contribution in [2.75, 3.05) is 0 Å². The first-order chi connectivity index (χ1) is 9.81. The maximum atomic E-state index is 12.2. The second-order valence-corrected chi connectivity index (χ2v) is 6.09. The van der Waals surface area contributed by atoms with Gasteiger partial charge >= 0.3 is 5.63 Å². The van der Waals surface area contributed by atoms with Crippen molar-refractivity contribution in [2.45, 2.75) is 18.9 Å². The summed E-state index contributed by atoms with van der Waals surface area (Å²) in [5.41, 5.74) is 1.11. The summed E-state index contributed by atoms with van der Waals surface area (Å²) in [6.07, 6.45) is 6.78. The fraction of sp³-hybridized carbons (Fsp3) is 0.353. The molecule has 1 aliphatic heterocycles. The first kappa shape index (κ1) is 10.7. The lowest BCUT2D eigenvalue weighted by Gasteiger charge is -2.34. The number of fused-ring (bicyclic) bond motifs is 8. The average molecular weight is 266 g/mol. The molecule has 2 bridgehead atoms. The molecule has 2 aliphatic carbocycles. The van der Waals surface area contributed by atoms with E-state index in [2.05, 4.69) is 12.2 Å². The molecule has 2 heterocycles. The summed E-state index contributed by atoms with van der Waals surface area (Å²) in [6.45, 7) is 0. The van der Waals surface area contributed by atoms with Crippen LogP contribution < -0.4 is 10.4 Å². The van der Waals surface area contributed by atoms with Crippen LogP contribution in [-0.4, -0.2) is 6.10 Å². The Bertz CT molecular complexity index is 801. The zero-order valence-corrected chi connectivity index (χ0v) is 10.9. The summed E-state index contributed by atoms with van der Waals surface area (Å²) in [5.74, 6) is 2.30. The Balaban J connectivity index is 1.75. The zero-order chi connectivity index (χ0) is 13.3. The van der Waals surface area contributed by atoms with Crippen LogP contribution in [0.1, 0.15) is 12.0 Å². The molecule has 3 nitrogen and oxygen atoms in total. The van der Waals surface area contributed by atoms with Crippen molar-refractivity contribution in [1.29, 1.82) is 0 Å². The molecule has 0 N–H and O–H groups in total. The number of allylic oxidation sites excluding steroid dienone is 1. The summed E-state index contributed by atoms with van der Waals surface area (Å²) in [6, 6.07) is 7.63. The van der Waals surface area contributed by atoms with Gasteiger partial charge in [-0.1, -0.05) is 24.3 Å². The second kappa shape index (κ2) is 3.54. The molecule has 1 aromatic carbocycles. The van der Waals surface area contributed by atoms with Crippen molar-refractivity contribution in [1.82, 2.24) is 0 Å². The fourth-order valence-electron chi connectivity index (χ4n) is 4.16. The first-order valence-electron chi connectivity index (χ1n) is 7.21. The van der Waals surface area contributed by atoms with E-state index in [1.807, 2.05) is 24.3 Å². The molecule has 3 heteroatoms. The molecule has 5 rings (SSSR count). The van der Waals surface area contributed by atoms with Gasteiger partial charge in [-0.15, -0.1) is 0 Å². The number of para-hydroxylation sites is 1. The summed E-state index contributed by atoms with van der Waals surface area (Å²) in [7, 11) is 0.